The fourth-order valence-corrected chi connectivity index (χ4v) is 14.8. The van der Waals surface area contributed by atoms with Crippen molar-refractivity contribution < 1.29 is 55.4 Å². The lowest BCUT2D eigenvalue weighted by molar-refractivity contribution is -0.146. The van der Waals surface area contributed by atoms with Crippen molar-refractivity contribution in [2.24, 2.45) is 33.5 Å². The predicted octanol–water partition coefficient (Wildman–Crippen LogP) is 13.5. The minimum atomic E-state index is -2.62. The lowest BCUT2D eigenvalue weighted by atomic mass is 9.67. The summed E-state index contributed by atoms with van der Waals surface area (Å²) < 4.78 is 56.3. The third kappa shape index (κ3) is 32.2. The van der Waals surface area contributed by atoms with Crippen molar-refractivity contribution >= 4 is 23.6 Å². The zero-order valence-corrected chi connectivity index (χ0v) is 50.2. The summed E-state index contributed by atoms with van der Waals surface area (Å²) in [4.78, 5) is 12.1. The number of aliphatic hydroxyl groups excluding tert-OH is 1. The van der Waals surface area contributed by atoms with E-state index in [1.165, 1.54) is 64.2 Å². The number of hydrogen-bond acceptors (Lipinski definition) is 13. The van der Waals surface area contributed by atoms with E-state index in [9.17, 15) is 4.79 Å². The molecule has 0 aliphatic heterocycles. The number of hydrogen-bond donors (Lipinski definition) is 1. The second-order valence-corrected chi connectivity index (χ2v) is 28.4. The quantitative estimate of drug-likeness (QED) is 0.0282. The third-order valence-corrected chi connectivity index (χ3v) is 20.1. The first kappa shape index (κ1) is 68.8. The summed E-state index contributed by atoms with van der Waals surface area (Å²) in [5.74, 6) is 1.45. The molecular weight excluding hydrogens is 923 g/mol. The standard InChI is InChI=1S/C28H56O6Si.C17H34O2.C10H21NO4Si/c1-9-32-35(33-10-2,34-11-3)23-13-12-14-26(29)31-22-21-30-25-17-15-24(16-18-25)28(7,8)20-19-27(4,5)6;1-16(2,3)10-11-17(4,5)14-6-8-15(9-7-14)19-13-12-18;1-4-13-16(14-5-2,15-6-3)9-7-8-12-10-11/h24-25H,9-23H2,1-8H3;14-15,18H,6-13H2,1-5H3;4-9H2,1-3H3. The highest BCUT2D eigenvalue weighted by molar-refractivity contribution is 6.61. The van der Waals surface area contributed by atoms with Crippen LogP contribution in [0, 0.1) is 45.0 Å². The van der Waals surface area contributed by atoms with Gasteiger partial charge in [-0.1, -0.05) is 69.2 Å². The lowest BCUT2D eigenvalue weighted by Crippen LogP contribution is -2.46. The van der Waals surface area contributed by atoms with Crippen molar-refractivity contribution in [2.75, 3.05) is 72.7 Å². The van der Waals surface area contributed by atoms with Crippen molar-refractivity contribution in [3.05, 3.63) is 0 Å². The highest BCUT2D eigenvalue weighted by atomic mass is 28.4. The first-order valence-corrected chi connectivity index (χ1v) is 31.7. The fraction of sp³-hybridized carbons (Fsp3) is 0.964. The van der Waals surface area contributed by atoms with Crippen LogP contribution in [-0.4, -0.2) is 114 Å². The van der Waals surface area contributed by atoms with E-state index in [4.69, 9.17) is 51.1 Å². The van der Waals surface area contributed by atoms with Gasteiger partial charge in [-0.25, -0.2) is 0 Å². The first-order chi connectivity index (χ1) is 33.0. The molecule has 0 aromatic rings. The maximum Gasteiger partial charge on any atom is 0.501 e. The summed E-state index contributed by atoms with van der Waals surface area (Å²) in [6.07, 6.45) is 19.8. The van der Waals surface area contributed by atoms with E-state index < -0.39 is 17.6 Å². The van der Waals surface area contributed by atoms with Gasteiger partial charge in [0, 0.05) is 58.2 Å². The molecule has 0 saturated heterocycles. The number of carbonyl (C=O) groups excluding carboxylic acids is 1. The molecule has 0 aromatic carbocycles. The summed E-state index contributed by atoms with van der Waals surface area (Å²) >= 11 is 0. The normalized spacial score (nSPS) is 19.3. The van der Waals surface area contributed by atoms with Gasteiger partial charge in [0.25, 0.3) is 6.26 Å². The van der Waals surface area contributed by atoms with Crippen LogP contribution in [0.3, 0.4) is 0 Å². The van der Waals surface area contributed by atoms with Crippen molar-refractivity contribution in [3.63, 3.8) is 0 Å². The van der Waals surface area contributed by atoms with Gasteiger partial charge in [0.2, 0.25) is 0 Å². The summed E-state index contributed by atoms with van der Waals surface area (Å²) in [5, 5.41) is 17.1. The molecule has 2 aliphatic rings. The minimum Gasteiger partial charge on any atom is -0.463 e. The topological polar surface area (TPSA) is 153 Å². The molecule has 15 heteroatoms. The van der Waals surface area contributed by atoms with Crippen LogP contribution in [0.15, 0.2) is 0 Å². The minimum absolute atomic E-state index is 0.150. The Bertz CT molecular complexity index is 1280. The molecule has 416 valence electrons. The Morgan fingerprint density at radius 1 is 0.514 bits per heavy atom. The molecule has 0 bridgehead atoms. The molecule has 13 nitrogen and oxygen atoms in total. The molecule has 2 fully saturated rings. The number of unbranched alkanes of at least 4 members (excludes halogenated alkanes) is 1. The maximum absolute atomic E-state index is 12.1. The van der Waals surface area contributed by atoms with Crippen molar-refractivity contribution in [1.29, 1.82) is 5.26 Å². The molecule has 1 N–H and O–H groups in total. The van der Waals surface area contributed by atoms with Gasteiger partial charge < -0.3 is 50.6 Å². The second kappa shape index (κ2) is 37.5. The van der Waals surface area contributed by atoms with Crippen LogP contribution in [0.2, 0.25) is 12.1 Å². The Kier molecular flexibility index (Phi) is 36.9. The Labute approximate surface area is 432 Å². The average Bonchev–Trinajstić information content (AvgIpc) is 3.30. The number of nitrogens with zero attached hydrogens (tertiary/aromatic N) is 1. The SMILES string of the molecule is CC(C)(C)CCC(C)(C)C1CCC(OCCO)CC1.CCO[Si](CCCCC(=O)OCCOC1CCC(C(C)(C)CCC(C)(C)C)CC1)(OCC)OCC.CCO[Si](CCCOC#N)(OCC)OCC. The highest BCUT2D eigenvalue weighted by Crippen LogP contribution is 2.45. The van der Waals surface area contributed by atoms with Gasteiger partial charge in [-0.15, -0.1) is 0 Å². The molecular formula is C55H111NO12Si2. The zero-order valence-electron chi connectivity index (χ0n) is 48.2. The number of aliphatic hydroxyl groups is 1. The first-order valence-electron chi connectivity index (χ1n) is 27.8. The Balaban J connectivity index is 0.00000114. The molecule has 0 atom stereocenters. The van der Waals surface area contributed by atoms with Crippen LogP contribution in [0.25, 0.3) is 0 Å². The van der Waals surface area contributed by atoms with Gasteiger partial charge in [0.1, 0.15) is 13.2 Å². The third-order valence-electron chi connectivity index (χ3n) is 13.8. The van der Waals surface area contributed by atoms with E-state index in [1.807, 2.05) is 41.5 Å². The molecule has 2 saturated carbocycles. The number of nitriles is 1. The lowest BCUT2D eigenvalue weighted by Gasteiger charge is -2.40. The van der Waals surface area contributed by atoms with Gasteiger partial charge in [-0.3, -0.25) is 4.79 Å². The van der Waals surface area contributed by atoms with Crippen LogP contribution < -0.4 is 0 Å². The molecule has 0 spiro atoms. The van der Waals surface area contributed by atoms with E-state index in [0.29, 0.717) is 119 Å². The van der Waals surface area contributed by atoms with Crippen molar-refractivity contribution in [2.45, 2.75) is 238 Å². The van der Waals surface area contributed by atoms with E-state index >= 15 is 0 Å². The highest BCUT2D eigenvalue weighted by Gasteiger charge is 2.41. The zero-order chi connectivity index (χ0) is 53.2. The molecule has 2 rings (SSSR count). The number of esters is 1. The summed E-state index contributed by atoms with van der Waals surface area (Å²) in [6, 6.07) is 1.42. The Morgan fingerprint density at radius 2 is 0.886 bits per heavy atom. The molecule has 0 radical (unpaired) electrons. The van der Waals surface area contributed by atoms with E-state index in [0.717, 1.165) is 43.6 Å². The number of rotatable bonds is 34. The van der Waals surface area contributed by atoms with Crippen LogP contribution >= 0.6 is 0 Å². The maximum atomic E-state index is 12.1. The largest absolute Gasteiger partial charge is 0.501 e. The second-order valence-electron chi connectivity index (χ2n) is 22.9. The predicted molar refractivity (Wildman–Crippen MR) is 287 cm³/mol. The van der Waals surface area contributed by atoms with Crippen molar-refractivity contribution in [3.8, 4) is 6.26 Å². The Hall–Kier alpha value is -1.17. The monoisotopic (exact) mass is 1030 g/mol. The van der Waals surface area contributed by atoms with Gasteiger partial charge in [-0.2, -0.15) is 5.26 Å². The molecule has 2 aliphatic carbocycles. The average molecular weight is 1030 g/mol. The molecule has 70 heavy (non-hydrogen) atoms. The molecule has 0 heterocycles. The van der Waals surface area contributed by atoms with Gasteiger partial charge >= 0.3 is 23.6 Å². The summed E-state index contributed by atoms with van der Waals surface area (Å²) in [5.41, 5.74) is 1.69. The van der Waals surface area contributed by atoms with Crippen LogP contribution in [0.1, 0.15) is 214 Å². The van der Waals surface area contributed by atoms with Gasteiger partial charge in [0.15, 0.2) is 0 Å². The summed E-state index contributed by atoms with van der Waals surface area (Å²) in [7, 11) is -5.16. The molecule has 0 aromatic heterocycles. The van der Waals surface area contributed by atoms with Crippen LogP contribution in [0.4, 0.5) is 0 Å². The smallest absolute Gasteiger partial charge is 0.463 e. The van der Waals surface area contributed by atoms with E-state index in [1.54, 1.807) is 6.26 Å². The van der Waals surface area contributed by atoms with Gasteiger partial charge in [0.05, 0.1) is 32.0 Å². The number of ether oxygens (including phenoxy) is 4. The summed E-state index contributed by atoms with van der Waals surface area (Å²) in [6.45, 7) is 40.7. The fourth-order valence-electron chi connectivity index (χ4n) is 9.51. The van der Waals surface area contributed by atoms with Crippen LogP contribution in [0.5, 0.6) is 0 Å². The van der Waals surface area contributed by atoms with E-state index in [2.05, 4.69) is 74.0 Å². The molecule has 0 unspecified atom stereocenters. The van der Waals surface area contributed by atoms with Crippen LogP contribution in [-0.2, 0) is 50.3 Å². The Morgan fingerprint density at radius 3 is 1.23 bits per heavy atom. The van der Waals surface area contributed by atoms with Gasteiger partial charge in [-0.05, 0) is 171 Å². The van der Waals surface area contributed by atoms with E-state index in [-0.39, 0.29) is 12.6 Å². The van der Waals surface area contributed by atoms with Crippen molar-refractivity contribution in [1.82, 2.24) is 0 Å². The molecule has 0 amide bonds. The number of carbonyl (C=O) groups is 1.